The van der Waals surface area contributed by atoms with Gasteiger partial charge in [0.15, 0.2) is 0 Å². The summed E-state index contributed by atoms with van der Waals surface area (Å²) in [6, 6.07) is 20.6. The van der Waals surface area contributed by atoms with Crippen molar-refractivity contribution in [1.82, 2.24) is 14.4 Å². The van der Waals surface area contributed by atoms with E-state index in [4.69, 9.17) is 17.3 Å². The largest absolute Gasteiger partial charge is 0.573 e. The molecule has 0 radical (unpaired) electrons. The molecule has 5 nitrogen and oxygen atoms in total. The number of ether oxygens (including phenoxy) is 1. The minimum absolute atomic E-state index is 0.228. The molecule has 0 aliphatic carbocycles. The van der Waals surface area contributed by atoms with Gasteiger partial charge in [0.1, 0.15) is 5.75 Å². The number of aryl methyl sites for hydroxylation is 1. The first-order chi connectivity index (χ1) is 18.8. The molecule has 206 valence electrons. The third kappa shape index (κ3) is 7.13. The van der Waals surface area contributed by atoms with Gasteiger partial charge in [0.05, 0.1) is 0 Å². The van der Waals surface area contributed by atoms with Crippen LogP contribution in [0.25, 0.3) is 22.0 Å². The highest BCUT2D eigenvalue weighted by Gasteiger charge is 2.31. The molecule has 1 fully saturated rings. The quantitative estimate of drug-likeness (QED) is 0.255. The molecule has 9 heteroatoms. The molecule has 3 aromatic carbocycles. The molecule has 1 aromatic heterocycles. The third-order valence-corrected chi connectivity index (χ3v) is 7.35. The number of fused-ring (bicyclic) bond motifs is 1. The van der Waals surface area contributed by atoms with Crippen LogP contribution < -0.4 is 10.5 Å². The van der Waals surface area contributed by atoms with Crippen LogP contribution >= 0.6 is 11.6 Å². The third-order valence-electron chi connectivity index (χ3n) is 7.11. The van der Waals surface area contributed by atoms with E-state index in [0.717, 1.165) is 79.3 Å². The number of hydrogen-bond donors (Lipinski definition) is 1. The maximum atomic E-state index is 12.6. The zero-order valence-corrected chi connectivity index (χ0v) is 22.4. The fourth-order valence-electron chi connectivity index (χ4n) is 5.21. The van der Waals surface area contributed by atoms with Gasteiger partial charge < -0.3 is 15.0 Å². The fourth-order valence-corrected chi connectivity index (χ4v) is 5.43. The van der Waals surface area contributed by atoms with Crippen molar-refractivity contribution >= 4 is 22.5 Å². The zero-order chi connectivity index (χ0) is 27.4. The van der Waals surface area contributed by atoms with E-state index in [1.165, 1.54) is 23.3 Å². The SMILES string of the molecule is NCCCn1cc(-c2ccc(OC(F)(F)F)cc2)c2cc(CN3CCN(Cc4cccc(Cl)c4)CC3)ccc21. The van der Waals surface area contributed by atoms with Gasteiger partial charge in [-0.3, -0.25) is 9.80 Å². The van der Waals surface area contributed by atoms with Gasteiger partial charge in [0, 0.05) is 73.5 Å². The minimum Gasteiger partial charge on any atom is -0.406 e. The van der Waals surface area contributed by atoms with E-state index in [1.54, 1.807) is 12.1 Å². The molecule has 0 spiro atoms. The van der Waals surface area contributed by atoms with Crippen LogP contribution in [0.2, 0.25) is 5.02 Å². The number of hydrogen-bond acceptors (Lipinski definition) is 4. The monoisotopic (exact) mass is 556 g/mol. The van der Waals surface area contributed by atoms with E-state index in [0.29, 0.717) is 6.54 Å². The predicted molar refractivity (Wildman–Crippen MR) is 150 cm³/mol. The lowest BCUT2D eigenvalue weighted by molar-refractivity contribution is -0.274. The molecule has 1 aliphatic heterocycles. The van der Waals surface area contributed by atoms with Crippen LogP contribution in [0.5, 0.6) is 5.75 Å². The minimum atomic E-state index is -4.71. The van der Waals surface area contributed by atoms with Gasteiger partial charge in [-0.05, 0) is 66.1 Å². The van der Waals surface area contributed by atoms with Crippen molar-refractivity contribution in [2.75, 3.05) is 32.7 Å². The van der Waals surface area contributed by atoms with Crippen molar-refractivity contribution < 1.29 is 17.9 Å². The molecular formula is C30H32ClF3N4O. The molecule has 0 atom stereocenters. The van der Waals surface area contributed by atoms with Crippen molar-refractivity contribution in [1.29, 1.82) is 0 Å². The summed E-state index contributed by atoms with van der Waals surface area (Å²) in [6.07, 6.45) is -1.81. The molecule has 4 aromatic rings. The Bertz CT molecular complexity index is 1400. The first kappa shape index (κ1) is 27.5. The summed E-state index contributed by atoms with van der Waals surface area (Å²) in [5.74, 6) is -0.228. The second-order valence-corrected chi connectivity index (χ2v) is 10.4. The number of rotatable bonds is 9. The summed E-state index contributed by atoms with van der Waals surface area (Å²) in [4.78, 5) is 4.91. The van der Waals surface area contributed by atoms with E-state index in [9.17, 15) is 13.2 Å². The van der Waals surface area contributed by atoms with Gasteiger partial charge in [-0.1, -0.05) is 41.9 Å². The highest BCUT2D eigenvalue weighted by Crippen LogP contribution is 2.34. The molecule has 0 saturated carbocycles. The summed E-state index contributed by atoms with van der Waals surface area (Å²) < 4.78 is 44.1. The number of nitrogens with zero attached hydrogens (tertiary/aromatic N) is 3. The Balaban J connectivity index is 1.31. The molecule has 0 amide bonds. The number of halogens is 4. The van der Waals surface area contributed by atoms with E-state index in [1.807, 2.05) is 18.2 Å². The molecule has 1 aliphatic rings. The van der Waals surface area contributed by atoms with Crippen LogP contribution in [0.4, 0.5) is 13.2 Å². The number of benzene rings is 3. The zero-order valence-electron chi connectivity index (χ0n) is 21.6. The van der Waals surface area contributed by atoms with E-state index in [2.05, 4.69) is 49.6 Å². The van der Waals surface area contributed by atoms with Crippen LogP contribution in [0.3, 0.4) is 0 Å². The van der Waals surface area contributed by atoms with Gasteiger partial charge in [0.25, 0.3) is 0 Å². The molecule has 5 rings (SSSR count). The lowest BCUT2D eigenvalue weighted by Gasteiger charge is -2.34. The number of piperazine rings is 1. The number of aromatic nitrogens is 1. The van der Waals surface area contributed by atoms with Gasteiger partial charge in [-0.25, -0.2) is 0 Å². The molecule has 39 heavy (non-hydrogen) atoms. The highest BCUT2D eigenvalue weighted by atomic mass is 35.5. The smallest absolute Gasteiger partial charge is 0.406 e. The average Bonchev–Trinajstić information content (AvgIpc) is 3.26. The molecule has 2 heterocycles. The van der Waals surface area contributed by atoms with Gasteiger partial charge in [0.2, 0.25) is 0 Å². The first-order valence-electron chi connectivity index (χ1n) is 13.1. The van der Waals surface area contributed by atoms with Crippen molar-refractivity contribution in [2.24, 2.45) is 5.73 Å². The normalized spacial score (nSPS) is 15.2. The van der Waals surface area contributed by atoms with Gasteiger partial charge in [-0.15, -0.1) is 13.2 Å². The van der Waals surface area contributed by atoms with Crippen LogP contribution in [0.15, 0.2) is 72.9 Å². The Labute approximate surface area is 231 Å². The van der Waals surface area contributed by atoms with Crippen LogP contribution in [0, 0.1) is 0 Å². The van der Waals surface area contributed by atoms with Crippen LogP contribution in [0.1, 0.15) is 17.5 Å². The van der Waals surface area contributed by atoms with E-state index in [-0.39, 0.29) is 5.75 Å². The van der Waals surface area contributed by atoms with Crippen LogP contribution in [-0.4, -0.2) is 53.5 Å². The van der Waals surface area contributed by atoms with Gasteiger partial charge in [-0.2, -0.15) is 0 Å². The molecule has 2 N–H and O–H groups in total. The first-order valence-corrected chi connectivity index (χ1v) is 13.5. The number of nitrogens with two attached hydrogens (primary N) is 1. The van der Waals surface area contributed by atoms with Crippen molar-refractivity contribution in [3.63, 3.8) is 0 Å². The lowest BCUT2D eigenvalue weighted by atomic mass is 10.0. The fraction of sp³-hybridized carbons (Fsp3) is 0.333. The summed E-state index contributed by atoms with van der Waals surface area (Å²) in [6.45, 7) is 7.02. The Morgan fingerprint density at radius 2 is 1.51 bits per heavy atom. The van der Waals surface area contributed by atoms with Crippen LogP contribution in [-0.2, 0) is 19.6 Å². The second kappa shape index (κ2) is 12.0. The van der Waals surface area contributed by atoms with Crippen molar-refractivity contribution in [3.05, 3.63) is 89.1 Å². The van der Waals surface area contributed by atoms with E-state index >= 15 is 0 Å². The predicted octanol–water partition coefficient (Wildman–Crippen LogP) is 6.53. The lowest BCUT2D eigenvalue weighted by Crippen LogP contribution is -2.45. The number of alkyl halides is 3. The topological polar surface area (TPSA) is 46.7 Å². The standard InChI is InChI=1S/C30H32ClF3N4O/c31-25-4-1-3-22(17-25)19-36-13-15-37(16-14-36)20-23-5-10-29-27(18-23)28(21-38(29)12-2-11-35)24-6-8-26(9-7-24)39-30(32,33)34/h1,3-10,17-18,21H,2,11-16,19-20,35H2. The second-order valence-electron chi connectivity index (χ2n) is 9.98. The molecule has 0 bridgehead atoms. The Kier molecular flexibility index (Phi) is 8.47. The Morgan fingerprint density at radius 3 is 2.13 bits per heavy atom. The molecule has 1 saturated heterocycles. The summed E-state index contributed by atoms with van der Waals surface area (Å²) >= 11 is 6.14. The Hall–Kier alpha value is -3.04. The summed E-state index contributed by atoms with van der Waals surface area (Å²) in [7, 11) is 0. The van der Waals surface area contributed by atoms with E-state index < -0.39 is 6.36 Å². The van der Waals surface area contributed by atoms with Crippen molar-refractivity contribution in [2.45, 2.75) is 32.4 Å². The summed E-state index contributed by atoms with van der Waals surface area (Å²) in [5, 5.41) is 1.84. The Morgan fingerprint density at radius 1 is 0.846 bits per heavy atom. The maximum absolute atomic E-state index is 12.6. The average molecular weight is 557 g/mol. The van der Waals surface area contributed by atoms with Crippen molar-refractivity contribution in [3.8, 4) is 16.9 Å². The van der Waals surface area contributed by atoms with Gasteiger partial charge >= 0.3 is 6.36 Å². The maximum Gasteiger partial charge on any atom is 0.573 e. The highest BCUT2D eigenvalue weighted by molar-refractivity contribution is 6.30. The summed E-state index contributed by atoms with van der Waals surface area (Å²) in [5.41, 5.74) is 11.1. The molecule has 0 unspecified atom stereocenters. The molecular weight excluding hydrogens is 525 g/mol.